The van der Waals surface area contributed by atoms with E-state index in [4.69, 9.17) is 4.99 Å². The molecular weight excluding hydrogens is 278 g/mol. The Labute approximate surface area is 134 Å². The molecule has 0 aromatic carbocycles. The van der Waals surface area contributed by atoms with Gasteiger partial charge in [-0.15, -0.1) is 0 Å². The van der Waals surface area contributed by atoms with Crippen LogP contribution in [-0.4, -0.2) is 86.0 Å². The molecule has 1 atom stereocenters. The van der Waals surface area contributed by atoms with Crippen LogP contribution in [0.4, 0.5) is 0 Å². The number of nitrogens with zero attached hydrogens (tertiary/aromatic N) is 4. The summed E-state index contributed by atoms with van der Waals surface area (Å²) in [5.41, 5.74) is 0. The van der Waals surface area contributed by atoms with E-state index in [0.29, 0.717) is 5.92 Å². The standard InChI is InChI=1S/C16H31N5O/c1-4-17-16(18-12-15-6-5-7-19(3)13-15)21-10-8-20(9-11-21)14(2)22/h15H,4-13H2,1-3H3,(H,17,18). The molecule has 6 heteroatoms. The van der Waals surface area contributed by atoms with Crippen molar-refractivity contribution in [3.8, 4) is 0 Å². The Hall–Kier alpha value is -1.30. The highest BCUT2D eigenvalue weighted by molar-refractivity contribution is 5.80. The predicted octanol–water partition coefficient (Wildman–Crippen LogP) is 0.458. The highest BCUT2D eigenvalue weighted by Crippen LogP contribution is 2.15. The third kappa shape index (κ3) is 4.87. The fourth-order valence-corrected chi connectivity index (χ4v) is 3.30. The van der Waals surface area contributed by atoms with E-state index in [2.05, 4.69) is 29.1 Å². The molecule has 0 radical (unpaired) electrons. The molecule has 2 saturated heterocycles. The van der Waals surface area contributed by atoms with Crippen LogP contribution in [0.2, 0.25) is 0 Å². The van der Waals surface area contributed by atoms with Gasteiger partial charge < -0.3 is 20.0 Å². The van der Waals surface area contributed by atoms with Crippen LogP contribution in [-0.2, 0) is 4.79 Å². The maximum atomic E-state index is 11.4. The minimum atomic E-state index is 0.173. The lowest BCUT2D eigenvalue weighted by Gasteiger charge is -2.36. The molecule has 2 heterocycles. The minimum absolute atomic E-state index is 0.173. The summed E-state index contributed by atoms with van der Waals surface area (Å²) in [5, 5.41) is 3.41. The van der Waals surface area contributed by atoms with Crippen molar-refractivity contribution in [2.45, 2.75) is 26.7 Å². The molecule has 2 rings (SSSR count). The molecule has 2 aliphatic rings. The molecule has 0 saturated carbocycles. The smallest absolute Gasteiger partial charge is 0.219 e. The van der Waals surface area contributed by atoms with E-state index in [0.717, 1.165) is 51.8 Å². The molecule has 0 aromatic rings. The molecule has 1 amide bonds. The van der Waals surface area contributed by atoms with Crippen LogP contribution in [0.25, 0.3) is 0 Å². The number of hydrogen-bond donors (Lipinski definition) is 1. The number of likely N-dealkylation sites (tertiary alicyclic amines) is 1. The van der Waals surface area contributed by atoms with Crippen molar-refractivity contribution in [3.05, 3.63) is 0 Å². The summed E-state index contributed by atoms with van der Waals surface area (Å²) in [6.07, 6.45) is 2.57. The van der Waals surface area contributed by atoms with E-state index in [1.54, 1.807) is 6.92 Å². The molecule has 0 aromatic heterocycles. The van der Waals surface area contributed by atoms with Crippen LogP contribution in [0, 0.1) is 5.92 Å². The number of amides is 1. The van der Waals surface area contributed by atoms with E-state index in [1.165, 1.54) is 19.4 Å². The zero-order valence-corrected chi connectivity index (χ0v) is 14.3. The molecule has 22 heavy (non-hydrogen) atoms. The minimum Gasteiger partial charge on any atom is -0.357 e. The highest BCUT2D eigenvalue weighted by Gasteiger charge is 2.22. The van der Waals surface area contributed by atoms with Gasteiger partial charge in [-0.05, 0) is 39.3 Å². The molecule has 0 aliphatic carbocycles. The van der Waals surface area contributed by atoms with Gasteiger partial charge in [0, 0.05) is 52.7 Å². The van der Waals surface area contributed by atoms with Gasteiger partial charge in [-0.1, -0.05) is 0 Å². The Morgan fingerprint density at radius 1 is 1.18 bits per heavy atom. The fraction of sp³-hybridized carbons (Fsp3) is 0.875. The monoisotopic (exact) mass is 309 g/mol. The molecule has 1 N–H and O–H groups in total. The normalized spacial score (nSPS) is 24.5. The zero-order chi connectivity index (χ0) is 15.9. The van der Waals surface area contributed by atoms with Gasteiger partial charge in [-0.3, -0.25) is 9.79 Å². The maximum Gasteiger partial charge on any atom is 0.219 e. The fourth-order valence-electron chi connectivity index (χ4n) is 3.30. The van der Waals surface area contributed by atoms with Crippen molar-refractivity contribution in [3.63, 3.8) is 0 Å². The number of rotatable bonds is 3. The second-order valence-corrected chi connectivity index (χ2v) is 6.46. The third-order valence-corrected chi connectivity index (χ3v) is 4.58. The van der Waals surface area contributed by atoms with Crippen LogP contribution in [0.3, 0.4) is 0 Å². The Balaban J connectivity index is 1.88. The largest absolute Gasteiger partial charge is 0.357 e. The van der Waals surface area contributed by atoms with Gasteiger partial charge >= 0.3 is 0 Å². The first-order chi connectivity index (χ1) is 10.6. The predicted molar refractivity (Wildman–Crippen MR) is 90.0 cm³/mol. The number of piperazine rings is 1. The Morgan fingerprint density at radius 3 is 2.45 bits per heavy atom. The van der Waals surface area contributed by atoms with Gasteiger partial charge in [0.15, 0.2) is 5.96 Å². The lowest BCUT2D eigenvalue weighted by molar-refractivity contribution is -0.130. The van der Waals surface area contributed by atoms with Gasteiger partial charge in [0.05, 0.1) is 0 Å². The van der Waals surface area contributed by atoms with Crippen molar-refractivity contribution in [1.82, 2.24) is 20.0 Å². The number of aliphatic imine (C=N–C) groups is 1. The average molecular weight is 309 g/mol. The van der Waals surface area contributed by atoms with Gasteiger partial charge in [0.25, 0.3) is 0 Å². The van der Waals surface area contributed by atoms with E-state index >= 15 is 0 Å². The first kappa shape index (κ1) is 17.1. The Bertz CT molecular complexity index is 390. The van der Waals surface area contributed by atoms with Gasteiger partial charge in [0.1, 0.15) is 0 Å². The molecule has 6 nitrogen and oxygen atoms in total. The molecule has 126 valence electrons. The van der Waals surface area contributed by atoms with Gasteiger partial charge in [0.2, 0.25) is 5.91 Å². The number of nitrogens with one attached hydrogen (secondary N) is 1. The van der Waals surface area contributed by atoms with Crippen LogP contribution in [0.1, 0.15) is 26.7 Å². The second-order valence-electron chi connectivity index (χ2n) is 6.46. The third-order valence-electron chi connectivity index (χ3n) is 4.58. The first-order valence-corrected chi connectivity index (χ1v) is 8.57. The van der Waals surface area contributed by atoms with E-state index in [1.807, 2.05) is 4.90 Å². The summed E-state index contributed by atoms with van der Waals surface area (Å²) in [6.45, 7) is 11.2. The lowest BCUT2D eigenvalue weighted by Crippen LogP contribution is -2.53. The van der Waals surface area contributed by atoms with Crippen molar-refractivity contribution in [2.75, 3.05) is 59.4 Å². The number of hydrogen-bond acceptors (Lipinski definition) is 3. The highest BCUT2D eigenvalue weighted by atomic mass is 16.2. The van der Waals surface area contributed by atoms with Crippen molar-refractivity contribution in [2.24, 2.45) is 10.9 Å². The number of piperidine rings is 1. The SMILES string of the molecule is CCNC(=NCC1CCCN(C)C1)N1CCN(C(C)=O)CC1. The van der Waals surface area contributed by atoms with Gasteiger partial charge in [-0.25, -0.2) is 0 Å². The summed E-state index contributed by atoms with van der Waals surface area (Å²) in [6, 6.07) is 0. The summed E-state index contributed by atoms with van der Waals surface area (Å²) >= 11 is 0. The van der Waals surface area contributed by atoms with Crippen LogP contribution < -0.4 is 5.32 Å². The molecule has 1 unspecified atom stereocenters. The number of carbonyl (C=O) groups excluding carboxylic acids is 1. The van der Waals surface area contributed by atoms with Crippen LogP contribution >= 0.6 is 0 Å². The molecule has 2 aliphatic heterocycles. The first-order valence-electron chi connectivity index (χ1n) is 8.57. The molecule has 0 bridgehead atoms. The lowest BCUT2D eigenvalue weighted by atomic mass is 9.99. The number of guanidine groups is 1. The second kappa shape index (κ2) is 8.36. The molecular formula is C16H31N5O. The van der Waals surface area contributed by atoms with E-state index in [-0.39, 0.29) is 5.91 Å². The Morgan fingerprint density at radius 2 is 1.86 bits per heavy atom. The topological polar surface area (TPSA) is 51.2 Å². The summed E-state index contributed by atoms with van der Waals surface area (Å²) in [7, 11) is 2.20. The van der Waals surface area contributed by atoms with Crippen LogP contribution in [0.15, 0.2) is 4.99 Å². The maximum absolute atomic E-state index is 11.4. The van der Waals surface area contributed by atoms with Crippen molar-refractivity contribution >= 4 is 11.9 Å². The zero-order valence-electron chi connectivity index (χ0n) is 14.3. The molecule has 0 spiro atoms. The van der Waals surface area contributed by atoms with E-state index in [9.17, 15) is 4.79 Å². The summed E-state index contributed by atoms with van der Waals surface area (Å²) in [4.78, 5) is 22.9. The van der Waals surface area contributed by atoms with Crippen molar-refractivity contribution in [1.29, 1.82) is 0 Å². The molecule has 2 fully saturated rings. The quantitative estimate of drug-likeness (QED) is 0.608. The summed E-state index contributed by atoms with van der Waals surface area (Å²) in [5.74, 6) is 1.86. The van der Waals surface area contributed by atoms with E-state index < -0.39 is 0 Å². The average Bonchev–Trinajstić information content (AvgIpc) is 2.51. The van der Waals surface area contributed by atoms with Gasteiger partial charge in [-0.2, -0.15) is 0 Å². The number of carbonyl (C=O) groups is 1. The van der Waals surface area contributed by atoms with Crippen LogP contribution in [0.5, 0.6) is 0 Å². The van der Waals surface area contributed by atoms with Crippen molar-refractivity contribution < 1.29 is 4.79 Å². The Kier molecular flexibility index (Phi) is 6.49. The summed E-state index contributed by atoms with van der Waals surface area (Å²) < 4.78 is 0.